The number of rotatable bonds is 4. The van der Waals surface area contributed by atoms with Crippen molar-refractivity contribution in [1.29, 1.82) is 0 Å². The highest BCUT2D eigenvalue weighted by molar-refractivity contribution is 7.98. The number of anilines is 1. The molecule has 0 unspecified atom stereocenters. The van der Waals surface area contributed by atoms with Crippen LogP contribution in [0.15, 0.2) is 22.7 Å². The van der Waals surface area contributed by atoms with Crippen molar-refractivity contribution < 1.29 is 4.52 Å². The van der Waals surface area contributed by atoms with Crippen LogP contribution in [-0.4, -0.2) is 20.9 Å². The number of nitrogens with two attached hydrogens (primary N) is 1. The fourth-order valence-electron chi connectivity index (χ4n) is 1.70. The first-order valence-corrected chi connectivity index (χ1v) is 7.80. The maximum atomic E-state index is 5.69. The smallest absolute Gasteiger partial charge is 0.258 e. The van der Waals surface area contributed by atoms with Gasteiger partial charge in [0.1, 0.15) is 0 Å². The van der Waals surface area contributed by atoms with Gasteiger partial charge in [-0.15, -0.1) is 0 Å². The van der Waals surface area contributed by atoms with Crippen molar-refractivity contribution in [2.45, 2.75) is 12.7 Å². The number of nitrogen functional groups attached to an aromatic ring is 1. The van der Waals surface area contributed by atoms with Crippen molar-refractivity contribution >= 4 is 38.4 Å². The van der Waals surface area contributed by atoms with E-state index < -0.39 is 0 Å². The fourth-order valence-corrected chi connectivity index (χ4v) is 2.98. The van der Waals surface area contributed by atoms with E-state index >= 15 is 0 Å². The molecule has 0 aliphatic rings. The number of hydrogen-bond acceptors (Lipinski definition) is 7. The summed E-state index contributed by atoms with van der Waals surface area (Å²) in [6.07, 6.45) is 0. The summed E-state index contributed by atoms with van der Waals surface area (Å²) in [4.78, 5) is 8.61. The molecule has 5 nitrogen and oxygen atoms in total. The Morgan fingerprint density at radius 1 is 1.37 bits per heavy atom. The van der Waals surface area contributed by atoms with Crippen LogP contribution in [0.3, 0.4) is 0 Å². The van der Waals surface area contributed by atoms with Crippen molar-refractivity contribution in [3.05, 3.63) is 24.0 Å². The van der Waals surface area contributed by atoms with Gasteiger partial charge in [0.25, 0.3) is 5.89 Å². The lowest BCUT2D eigenvalue weighted by molar-refractivity contribution is 0.425. The minimum Gasteiger partial charge on any atom is -0.375 e. The van der Waals surface area contributed by atoms with E-state index in [1.807, 2.05) is 18.2 Å². The van der Waals surface area contributed by atoms with Crippen molar-refractivity contribution in [3.8, 4) is 11.5 Å². The molecule has 0 fully saturated rings. The molecule has 0 amide bonds. The number of hydrogen-bond donors (Lipinski definition) is 1. The van der Waals surface area contributed by atoms with Crippen molar-refractivity contribution in [3.63, 3.8) is 0 Å². The third-order valence-electron chi connectivity index (χ3n) is 2.56. The minimum absolute atomic E-state index is 0.542. The van der Waals surface area contributed by atoms with Gasteiger partial charge in [-0.25, -0.2) is 4.98 Å². The second kappa shape index (κ2) is 5.18. The monoisotopic (exact) mass is 292 g/mol. The maximum absolute atomic E-state index is 5.69. The Hall–Kier alpha value is -1.60. The topological polar surface area (TPSA) is 77.8 Å². The zero-order valence-corrected chi connectivity index (χ0v) is 11.9. The molecular formula is C12H12N4OS2. The molecule has 0 bridgehead atoms. The van der Waals surface area contributed by atoms with Gasteiger partial charge in [0.2, 0.25) is 0 Å². The molecule has 7 heteroatoms. The SMILES string of the molecule is CCSCc1noc(-c2ccc3nc(N)sc3c2)n1. The standard InChI is InChI=1S/C12H12N4OS2/c1-2-18-6-10-15-11(17-16-10)7-3-4-8-9(5-7)19-12(13)14-8/h3-5H,2,6H2,1H3,(H2,13,14). The molecule has 3 aromatic rings. The Morgan fingerprint density at radius 3 is 3.11 bits per heavy atom. The van der Waals surface area contributed by atoms with E-state index in [1.165, 1.54) is 11.3 Å². The lowest BCUT2D eigenvalue weighted by Crippen LogP contribution is -1.84. The van der Waals surface area contributed by atoms with E-state index in [1.54, 1.807) is 11.8 Å². The molecule has 1 aromatic carbocycles. The normalized spacial score (nSPS) is 11.2. The number of aromatic nitrogens is 3. The van der Waals surface area contributed by atoms with E-state index in [2.05, 4.69) is 22.0 Å². The van der Waals surface area contributed by atoms with Crippen molar-refractivity contribution in [2.24, 2.45) is 0 Å². The molecule has 2 heterocycles. The van der Waals surface area contributed by atoms with Crippen LogP contribution >= 0.6 is 23.1 Å². The van der Waals surface area contributed by atoms with Gasteiger partial charge in [-0.3, -0.25) is 0 Å². The highest BCUT2D eigenvalue weighted by Gasteiger charge is 2.10. The van der Waals surface area contributed by atoms with E-state index in [0.29, 0.717) is 11.0 Å². The Bertz CT molecular complexity index is 707. The van der Waals surface area contributed by atoms with E-state index in [4.69, 9.17) is 10.3 Å². The second-order valence-electron chi connectivity index (χ2n) is 3.89. The highest BCUT2D eigenvalue weighted by atomic mass is 32.2. The molecule has 0 saturated heterocycles. The molecule has 0 spiro atoms. The third-order valence-corrected chi connectivity index (χ3v) is 4.27. The minimum atomic E-state index is 0.542. The third kappa shape index (κ3) is 2.57. The van der Waals surface area contributed by atoms with E-state index in [0.717, 1.165) is 33.1 Å². The molecule has 0 saturated carbocycles. The van der Waals surface area contributed by atoms with Crippen LogP contribution in [0.25, 0.3) is 21.7 Å². The van der Waals surface area contributed by atoms with Crippen LogP contribution in [-0.2, 0) is 5.75 Å². The lowest BCUT2D eigenvalue weighted by Gasteiger charge is -1.93. The van der Waals surface area contributed by atoms with Gasteiger partial charge < -0.3 is 10.3 Å². The summed E-state index contributed by atoms with van der Waals surface area (Å²) in [6.45, 7) is 2.10. The van der Waals surface area contributed by atoms with Gasteiger partial charge in [0, 0.05) is 5.56 Å². The Labute approximate surface area is 118 Å². The highest BCUT2D eigenvalue weighted by Crippen LogP contribution is 2.28. The van der Waals surface area contributed by atoms with Gasteiger partial charge in [-0.2, -0.15) is 16.7 Å². The summed E-state index contributed by atoms with van der Waals surface area (Å²) < 4.78 is 6.31. The molecule has 0 radical (unpaired) electrons. The summed E-state index contributed by atoms with van der Waals surface area (Å²) in [5, 5.41) is 4.54. The van der Waals surface area contributed by atoms with Crippen molar-refractivity contribution in [2.75, 3.05) is 11.5 Å². The number of thiazole rings is 1. The summed E-state index contributed by atoms with van der Waals surface area (Å²) in [5.41, 5.74) is 7.49. The average molecular weight is 292 g/mol. The molecule has 0 aliphatic carbocycles. The first-order valence-electron chi connectivity index (χ1n) is 5.83. The second-order valence-corrected chi connectivity index (χ2v) is 6.22. The van der Waals surface area contributed by atoms with E-state index in [9.17, 15) is 0 Å². The van der Waals surface area contributed by atoms with Gasteiger partial charge in [0.05, 0.1) is 16.0 Å². The number of nitrogens with zero attached hydrogens (tertiary/aromatic N) is 3. The number of benzene rings is 1. The first-order chi connectivity index (χ1) is 9.26. The summed E-state index contributed by atoms with van der Waals surface area (Å²) in [5.74, 6) is 3.08. The molecule has 98 valence electrons. The molecular weight excluding hydrogens is 280 g/mol. The quantitative estimate of drug-likeness (QED) is 0.795. The zero-order chi connectivity index (χ0) is 13.2. The van der Waals surface area contributed by atoms with E-state index in [-0.39, 0.29) is 0 Å². The molecule has 19 heavy (non-hydrogen) atoms. The van der Waals surface area contributed by atoms with Crippen LogP contribution in [0.2, 0.25) is 0 Å². The number of thioether (sulfide) groups is 1. The van der Waals surface area contributed by atoms with Crippen LogP contribution in [0.1, 0.15) is 12.7 Å². The van der Waals surface area contributed by atoms with Gasteiger partial charge >= 0.3 is 0 Å². The predicted molar refractivity (Wildman–Crippen MR) is 79.2 cm³/mol. The lowest BCUT2D eigenvalue weighted by atomic mass is 10.2. The molecule has 2 aromatic heterocycles. The zero-order valence-electron chi connectivity index (χ0n) is 10.3. The van der Waals surface area contributed by atoms with Gasteiger partial charge in [-0.05, 0) is 24.0 Å². The number of fused-ring (bicyclic) bond motifs is 1. The maximum Gasteiger partial charge on any atom is 0.258 e. The van der Waals surface area contributed by atoms with Crippen molar-refractivity contribution in [1.82, 2.24) is 15.1 Å². The van der Waals surface area contributed by atoms with Gasteiger partial charge in [0.15, 0.2) is 11.0 Å². The summed E-state index contributed by atoms with van der Waals surface area (Å²) in [6, 6.07) is 5.82. The average Bonchev–Trinajstić information content (AvgIpc) is 3.00. The fraction of sp³-hybridized carbons (Fsp3) is 0.250. The van der Waals surface area contributed by atoms with Crippen LogP contribution in [0, 0.1) is 0 Å². The van der Waals surface area contributed by atoms with Gasteiger partial charge in [-0.1, -0.05) is 23.4 Å². The van der Waals surface area contributed by atoms with Crippen LogP contribution in [0.5, 0.6) is 0 Å². The molecule has 3 rings (SSSR count). The molecule has 0 atom stereocenters. The Balaban J connectivity index is 1.92. The Morgan fingerprint density at radius 2 is 2.26 bits per heavy atom. The Kier molecular flexibility index (Phi) is 3.39. The first kappa shape index (κ1) is 12.4. The largest absolute Gasteiger partial charge is 0.375 e. The molecule has 0 aliphatic heterocycles. The predicted octanol–water partition coefficient (Wildman–Crippen LogP) is 3.18. The summed E-state index contributed by atoms with van der Waals surface area (Å²) in [7, 11) is 0. The van der Waals surface area contributed by atoms with Crippen LogP contribution in [0.4, 0.5) is 5.13 Å². The summed E-state index contributed by atoms with van der Waals surface area (Å²) >= 11 is 3.22. The molecule has 2 N–H and O–H groups in total. The van der Waals surface area contributed by atoms with Crippen LogP contribution < -0.4 is 5.73 Å².